The van der Waals surface area contributed by atoms with Gasteiger partial charge in [-0.15, -0.1) is 0 Å². The number of nitrogens with zero attached hydrogens (tertiary/aromatic N) is 1. The van der Waals surface area contributed by atoms with E-state index < -0.39 is 0 Å². The van der Waals surface area contributed by atoms with E-state index >= 15 is 0 Å². The summed E-state index contributed by atoms with van der Waals surface area (Å²) in [6.45, 7) is 4.95. The number of hydrogen-bond donors (Lipinski definition) is 0. The van der Waals surface area contributed by atoms with Crippen molar-refractivity contribution >= 4 is 0 Å². The Balaban J connectivity index is 1.88. The summed E-state index contributed by atoms with van der Waals surface area (Å²) >= 11 is 0. The van der Waals surface area contributed by atoms with Gasteiger partial charge in [0.1, 0.15) is 30.8 Å². The SMILES string of the molecule is Cc1cccc(OCCOc2ccccc2C#N)c1C. The molecule has 0 aliphatic rings. The Bertz CT molecular complexity index is 629. The Morgan fingerprint density at radius 2 is 1.55 bits per heavy atom. The third-order valence-corrected chi connectivity index (χ3v) is 3.16. The number of benzene rings is 2. The molecule has 2 rings (SSSR count). The molecule has 3 nitrogen and oxygen atoms in total. The fourth-order valence-electron chi connectivity index (χ4n) is 1.87. The molecule has 0 aliphatic carbocycles. The molecule has 2 aromatic rings. The number of nitriles is 1. The minimum atomic E-state index is 0.409. The molecule has 0 fully saturated rings. The van der Waals surface area contributed by atoms with E-state index in [1.807, 2.05) is 31.2 Å². The molecule has 0 amide bonds. The van der Waals surface area contributed by atoms with Gasteiger partial charge in [-0.25, -0.2) is 0 Å². The number of aryl methyl sites for hydroxylation is 1. The lowest BCUT2D eigenvalue weighted by Gasteiger charge is -2.12. The van der Waals surface area contributed by atoms with Crippen molar-refractivity contribution in [1.82, 2.24) is 0 Å². The number of hydrogen-bond acceptors (Lipinski definition) is 3. The molecule has 2 aromatic carbocycles. The maximum atomic E-state index is 8.96. The summed E-state index contributed by atoms with van der Waals surface area (Å²) in [7, 11) is 0. The lowest BCUT2D eigenvalue weighted by molar-refractivity contribution is 0.216. The highest BCUT2D eigenvalue weighted by atomic mass is 16.5. The van der Waals surface area contributed by atoms with Crippen LogP contribution in [0, 0.1) is 25.2 Å². The van der Waals surface area contributed by atoms with E-state index in [0.29, 0.717) is 24.5 Å². The van der Waals surface area contributed by atoms with Crippen molar-refractivity contribution in [2.24, 2.45) is 0 Å². The van der Waals surface area contributed by atoms with Crippen molar-refractivity contribution in [3.05, 3.63) is 59.2 Å². The first-order valence-corrected chi connectivity index (χ1v) is 6.53. The lowest BCUT2D eigenvalue weighted by Crippen LogP contribution is -2.10. The van der Waals surface area contributed by atoms with Crippen LogP contribution in [0.25, 0.3) is 0 Å². The fraction of sp³-hybridized carbons (Fsp3) is 0.235. The van der Waals surface area contributed by atoms with Gasteiger partial charge in [-0.05, 0) is 43.2 Å². The normalized spacial score (nSPS) is 9.85. The fourth-order valence-corrected chi connectivity index (χ4v) is 1.87. The third kappa shape index (κ3) is 3.30. The molecule has 0 aliphatic heterocycles. The summed E-state index contributed by atoms with van der Waals surface area (Å²) in [4.78, 5) is 0. The quantitative estimate of drug-likeness (QED) is 0.777. The first kappa shape index (κ1) is 14.0. The van der Waals surface area contributed by atoms with Gasteiger partial charge < -0.3 is 9.47 Å². The van der Waals surface area contributed by atoms with Crippen LogP contribution in [0.1, 0.15) is 16.7 Å². The molecule has 0 spiro atoms. The zero-order valence-corrected chi connectivity index (χ0v) is 11.7. The highest BCUT2D eigenvalue weighted by Gasteiger charge is 2.03. The van der Waals surface area contributed by atoms with Gasteiger partial charge in [-0.3, -0.25) is 0 Å². The maximum absolute atomic E-state index is 8.96. The monoisotopic (exact) mass is 267 g/mol. The second-order valence-electron chi connectivity index (χ2n) is 4.50. The van der Waals surface area contributed by atoms with Gasteiger partial charge >= 0.3 is 0 Å². The van der Waals surface area contributed by atoms with E-state index in [4.69, 9.17) is 14.7 Å². The lowest BCUT2D eigenvalue weighted by atomic mass is 10.1. The van der Waals surface area contributed by atoms with Gasteiger partial charge in [0, 0.05) is 0 Å². The molecular formula is C17H17NO2. The molecular weight excluding hydrogens is 250 g/mol. The highest BCUT2D eigenvalue weighted by Crippen LogP contribution is 2.21. The molecule has 0 saturated carbocycles. The minimum absolute atomic E-state index is 0.409. The summed E-state index contributed by atoms with van der Waals surface area (Å²) in [6, 6.07) is 15.3. The molecule has 0 aromatic heterocycles. The highest BCUT2D eigenvalue weighted by molar-refractivity contribution is 5.42. The van der Waals surface area contributed by atoms with E-state index in [2.05, 4.69) is 19.1 Å². The summed E-state index contributed by atoms with van der Waals surface area (Å²) in [6.07, 6.45) is 0. The van der Waals surface area contributed by atoms with Gasteiger partial charge in [0.15, 0.2) is 0 Å². The zero-order chi connectivity index (χ0) is 14.4. The first-order valence-electron chi connectivity index (χ1n) is 6.53. The Morgan fingerprint density at radius 1 is 0.900 bits per heavy atom. The Hall–Kier alpha value is -2.47. The second kappa shape index (κ2) is 6.63. The molecule has 0 heterocycles. The van der Waals surface area contributed by atoms with Crippen LogP contribution in [-0.2, 0) is 0 Å². The van der Waals surface area contributed by atoms with E-state index in [0.717, 1.165) is 11.3 Å². The van der Waals surface area contributed by atoms with E-state index in [1.165, 1.54) is 5.56 Å². The Morgan fingerprint density at radius 3 is 2.30 bits per heavy atom. The van der Waals surface area contributed by atoms with Crippen LogP contribution in [0.5, 0.6) is 11.5 Å². The number of ether oxygens (including phenoxy) is 2. The summed E-state index contributed by atoms with van der Waals surface area (Å²) < 4.78 is 11.3. The van der Waals surface area contributed by atoms with Crippen molar-refractivity contribution < 1.29 is 9.47 Å². The second-order valence-corrected chi connectivity index (χ2v) is 4.50. The summed E-state index contributed by atoms with van der Waals surface area (Å²) in [5.41, 5.74) is 2.89. The van der Waals surface area contributed by atoms with Gasteiger partial charge in [0.05, 0.1) is 5.56 Å². The predicted molar refractivity (Wildman–Crippen MR) is 78.1 cm³/mol. The molecule has 0 bridgehead atoms. The molecule has 0 saturated heterocycles. The van der Waals surface area contributed by atoms with Gasteiger partial charge in [0.2, 0.25) is 0 Å². The molecule has 0 unspecified atom stereocenters. The van der Waals surface area contributed by atoms with E-state index in [-0.39, 0.29) is 0 Å². The van der Waals surface area contributed by atoms with Crippen LogP contribution < -0.4 is 9.47 Å². The van der Waals surface area contributed by atoms with Gasteiger partial charge in [0.25, 0.3) is 0 Å². The molecule has 20 heavy (non-hydrogen) atoms. The summed E-state index contributed by atoms with van der Waals surface area (Å²) in [5, 5.41) is 8.96. The first-order chi connectivity index (χ1) is 9.72. The minimum Gasteiger partial charge on any atom is -0.490 e. The third-order valence-electron chi connectivity index (χ3n) is 3.16. The average molecular weight is 267 g/mol. The molecule has 3 heteroatoms. The maximum Gasteiger partial charge on any atom is 0.137 e. The van der Waals surface area contributed by atoms with Crippen LogP contribution in [0.15, 0.2) is 42.5 Å². The van der Waals surface area contributed by atoms with Gasteiger partial charge in [-0.2, -0.15) is 5.26 Å². The Kier molecular flexibility index (Phi) is 4.62. The average Bonchev–Trinajstić information content (AvgIpc) is 2.48. The van der Waals surface area contributed by atoms with Crippen LogP contribution in [-0.4, -0.2) is 13.2 Å². The van der Waals surface area contributed by atoms with E-state index in [1.54, 1.807) is 12.1 Å². The molecule has 102 valence electrons. The van der Waals surface area contributed by atoms with E-state index in [9.17, 15) is 0 Å². The van der Waals surface area contributed by atoms with Gasteiger partial charge in [-0.1, -0.05) is 24.3 Å². The molecule has 0 N–H and O–H groups in total. The number of para-hydroxylation sites is 1. The zero-order valence-electron chi connectivity index (χ0n) is 11.7. The Labute approximate surface area is 119 Å². The topological polar surface area (TPSA) is 42.2 Å². The van der Waals surface area contributed by atoms with Crippen LogP contribution in [0.2, 0.25) is 0 Å². The molecule has 0 atom stereocenters. The predicted octanol–water partition coefficient (Wildman–Crippen LogP) is 3.63. The largest absolute Gasteiger partial charge is 0.490 e. The molecule has 0 radical (unpaired) electrons. The smallest absolute Gasteiger partial charge is 0.137 e. The van der Waals surface area contributed by atoms with Crippen molar-refractivity contribution in [2.45, 2.75) is 13.8 Å². The van der Waals surface area contributed by atoms with Crippen molar-refractivity contribution in [3.8, 4) is 17.6 Å². The van der Waals surface area contributed by atoms with Crippen molar-refractivity contribution in [1.29, 1.82) is 5.26 Å². The van der Waals surface area contributed by atoms with Crippen LogP contribution >= 0.6 is 0 Å². The van der Waals surface area contributed by atoms with Crippen molar-refractivity contribution in [3.63, 3.8) is 0 Å². The standard InChI is InChI=1S/C17H17NO2/c1-13-6-5-9-16(14(13)2)19-10-11-20-17-8-4-3-7-15(17)12-18/h3-9H,10-11H2,1-2H3. The van der Waals surface area contributed by atoms with Crippen LogP contribution in [0.3, 0.4) is 0 Å². The van der Waals surface area contributed by atoms with Crippen LogP contribution in [0.4, 0.5) is 0 Å². The number of rotatable bonds is 5. The van der Waals surface area contributed by atoms with Crippen molar-refractivity contribution in [2.75, 3.05) is 13.2 Å². The summed E-state index contributed by atoms with van der Waals surface area (Å²) in [5.74, 6) is 1.47.